The highest BCUT2D eigenvalue weighted by atomic mass is 28.4. The van der Waals surface area contributed by atoms with Gasteiger partial charge in [0.05, 0.1) is 6.61 Å². The number of oxime groups is 1. The summed E-state index contributed by atoms with van der Waals surface area (Å²) < 4.78 is 28.6. The van der Waals surface area contributed by atoms with Crippen LogP contribution < -0.4 is 0 Å². The Hall–Kier alpha value is -0.862. The average Bonchev–Trinajstić information content (AvgIpc) is 3.24. The monoisotopic (exact) mass is 757 g/mol. The third-order valence-electron chi connectivity index (χ3n) is 12.0. The van der Waals surface area contributed by atoms with Crippen molar-refractivity contribution in [3.8, 4) is 0 Å². The summed E-state index contributed by atoms with van der Waals surface area (Å²) >= 11 is 0. The van der Waals surface area contributed by atoms with Crippen molar-refractivity contribution < 1.29 is 22.5 Å². The third-order valence-corrected chi connectivity index (χ3v) is 16.0. The standard InChI is InChI=1S/C40H71NO5Si4/c1-38-24-22-32(44-48(6,7)8)26-31(38)20-21-33-34-23-25-40(46-50(12,13)14,39(34,2)27-35(37(33)38)45-49(9,10)11)36(29-43-47(3,4)5)41-42-28-30-18-16-15-17-19-30/h15-20,32-35,37H,21-29H2,1-14H3/b41-36+. The zero-order valence-electron chi connectivity index (χ0n) is 34.2. The van der Waals surface area contributed by atoms with Gasteiger partial charge in [-0.1, -0.05) is 61.0 Å². The van der Waals surface area contributed by atoms with Gasteiger partial charge >= 0.3 is 0 Å². The van der Waals surface area contributed by atoms with Gasteiger partial charge in [-0.15, -0.1) is 0 Å². The topological polar surface area (TPSA) is 58.5 Å². The van der Waals surface area contributed by atoms with E-state index in [9.17, 15) is 0 Å². The van der Waals surface area contributed by atoms with Gasteiger partial charge in [0.2, 0.25) is 0 Å². The van der Waals surface area contributed by atoms with Gasteiger partial charge in [-0.2, -0.15) is 0 Å². The van der Waals surface area contributed by atoms with Gasteiger partial charge < -0.3 is 22.5 Å². The molecular formula is C40H71NO5Si4. The number of hydrogen-bond donors (Lipinski definition) is 0. The lowest BCUT2D eigenvalue weighted by Gasteiger charge is -2.63. The fraction of sp³-hybridized carbons (Fsp3) is 0.775. The molecule has 282 valence electrons. The largest absolute Gasteiger partial charge is 0.414 e. The van der Waals surface area contributed by atoms with E-state index in [4.69, 9.17) is 27.7 Å². The summed E-state index contributed by atoms with van der Waals surface area (Å²) in [5, 5.41) is 5.07. The van der Waals surface area contributed by atoms with Crippen molar-refractivity contribution in [3.05, 3.63) is 47.5 Å². The highest BCUT2D eigenvalue weighted by Gasteiger charge is 2.69. The first-order valence-electron chi connectivity index (χ1n) is 19.6. The predicted octanol–water partition coefficient (Wildman–Crippen LogP) is 11.0. The van der Waals surface area contributed by atoms with E-state index in [0.717, 1.165) is 49.8 Å². The van der Waals surface area contributed by atoms with Crippen LogP contribution in [0.4, 0.5) is 0 Å². The van der Waals surface area contributed by atoms with Crippen molar-refractivity contribution in [2.24, 2.45) is 33.7 Å². The van der Waals surface area contributed by atoms with Crippen LogP contribution in [-0.2, 0) is 29.1 Å². The van der Waals surface area contributed by atoms with Gasteiger partial charge in [-0.3, -0.25) is 0 Å². The smallest absolute Gasteiger partial charge is 0.185 e. The first-order valence-corrected chi connectivity index (χ1v) is 33.2. The fourth-order valence-electron chi connectivity index (χ4n) is 10.4. The summed E-state index contributed by atoms with van der Waals surface area (Å²) in [6, 6.07) is 10.4. The van der Waals surface area contributed by atoms with Gasteiger partial charge in [0.25, 0.3) is 0 Å². The minimum Gasteiger partial charge on any atom is -0.414 e. The van der Waals surface area contributed by atoms with Crippen molar-refractivity contribution >= 4 is 39.0 Å². The third kappa shape index (κ3) is 8.91. The molecule has 0 aliphatic heterocycles. The molecule has 4 aliphatic carbocycles. The molecule has 0 bridgehead atoms. The summed E-state index contributed by atoms with van der Waals surface area (Å²) in [6.07, 6.45) is 10.8. The number of allylic oxidation sites excluding steroid dienone is 1. The summed E-state index contributed by atoms with van der Waals surface area (Å²) in [6.45, 7) is 34.0. The molecule has 50 heavy (non-hydrogen) atoms. The van der Waals surface area contributed by atoms with E-state index in [1.54, 1.807) is 5.57 Å². The lowest BCUT2D eigenvalue weighted by atomic mass is 9.46. The Morgan fingerprint density at radius 1 is 0.800 bits per heavy atom. The molecule has 0 radical (unpaired) electrons. The fourth-order valence-corrected chi connectivity index (χ4v) is 14.8. The minimum absolute atomic E-state index is 0.134. The molecule has 3 fully saturated rings. The molecule has 6 nitrogen and oxygen atoms in total. The van der Waals surface area contributed by atoms with Crippen molar-refractivity contribution in [2.75, 3.05) is 6.61 Å². The normalized spacial score (nSPS) is 35.2. The van der Waals surface area contributed by atoms with Crippen LogP contribution in [0, 0.1) is 28.6 Å². The average molecular weight is 758 g/mol. The van der Waals surface area contributed by atoms with Crippen LogP contribution in [0.1, 0.15) is 64.4 Å². The molecule has 8 atom stereocenters. The number of benzene rings is 1. The lowest BCUT2D eigenvalue weighted by molar-refractivity contribution is -0.140. The predicted molar refractivity (Wildman–Crippen MR) is 219 cm³/mol. The second kappa shape index (κ2) is 14.4. The first-order chi connectivity index (χ1) is 22.9. The van der Waals surface area contributed by atoms with E-state index in [0.29, 0.717) is 37.1 Å². The van der Waals surface area contributed by atoms with E-state index in [1.165, 1.54) is 6.42 Å². The van der Waals surface area contributed by atoms with E-state index in [2.05, 4.69) is 123 Å². The highest BCUT2D eigenvalue weighted by molar-refractivity contribution is 6.71. The quantitative estimate of drug-likeness (QED) is 0.0868. The van der Waals surface area contributed by atoms with Gasteiger partial charge in [-0.05, 0) is 152 Å². The maximum atomic E-state index is 7.63. The Labute approximate surface area is 310 Å². The molecule has 0 heterocycles. The zero-order valence-corrected chi connectivity index (χ0v) is 38.2. The van der Waals surface area contributed by atoms with E-state index in [-0.39, 0.29) is 16.9 Å². The van der Waals surface area contributed by atoms with Crippen LogP contribution in [0.2, 0.25) is 78.6 Å². The van der Waals surface area contributed by atoms with Crippen molar-refractivity contribution in [1.29, 1.82) is 0 Å². The molecule has 0 amide bonds. The maximum Gasteiger partial charge on any atom is 0.185 e. The second-order valence-corrected chi connectivity index (χ2v) is 38.3. The van der Waals surface area contributed by atoms with Crippen molar-refractivity contribution in [1.82, 2.24) is 0 Å². The minimum atomic E-state index is -2.08. The van der Waals surface area contributed by atoms with E-state index < -0.39 is 38.9 Å². The molecule has 4 aliphatic rings. The molecule has 0 aromatic heterocycles. The zero-order chi connectivity index (χ0) is 37.0. The van der Waals surface area contributed by atoms with E-state index >= 15 is 0 Å². The lowest BCUT2D eigenvalue weighted by Crippen LogP contribution is -2.65. The number of fused-ring (bicyclic) bond motifs is 5. The van der Waals surface area contributed by atoms with E-state index in [1.807, 2.05) is 6.07 Å². The Bertz CT molecular complexity index is 1390. The SMILES string of the molecule is CC12CCC(O[Si](C)(C)C)CC1=CCC1C2C(O[Si](C)(C)C)CC2(C)C1CCC2(O[Si](C)(C)C)/C(CO[Si](C)(C)C)=N/OCc1ccccc1. The Morgan fingerprint density at radius 3 is 2.06 bits per heavy atom. The molecule has 0 N–H and O–H groups in total. The van der Waals surface area contributed by atoms with Gasteiger partial charge in [0, 0.05) is 17.6 Å². The van der Waals surface area contributed by atoms with Gasteiger partial charge in [-0.25, -0.2) is 0 Å². The maximum absolute atomic E-state index is 7.63. The molecular weight excluding hydrogens is 687 g/mol. The van der Waals surface area contributed by atoms with Gasteiger partial charge in [0.15, 0.2) is 33.3 Å². The van der Waals surface area contributed by atoms with Crippen LogP contribution >= 0.6 is 0 Å². The van der Waals surface area contributed by atoms with Crippen LogP contribution in [0.15, 0.2) is 47.1 Å². The van der Waals surface area contributed by atoms with Gasteiger partial charge in [0.1, 0.15) is 17.9 Å². The highest BCUT2D eigenvalue weighted by Crippen LogP contribution is 2.69. The molecule has 10 heteroatoms. The molecule has 0 saturated heterocycles. The van der Waals surface area contributed by atoms with Crippen LogP contribution in [0.5, 0.6) is 0 Å². The van der Waals surface area contributed by atoms with Crippen molar-refractivity contribution in [2.45, 2.75) is 162 Å². The Kier molecular flexibility index (Phi) is 11.6. The molecule has 8 unspecified atom stereocenters. The Morgan fingerprint density at radius 2 is 1.46 bits per heavy atom. The number of hydrogen-bond acceptors (Lipinski definition) is 6. The van der Waals surface area contributed by atoms with Crippen LogP contribution in [-0.4, -0.2) is 63.4 Å². The van der Waals surface area contributed by atoms with Crippen molar-refractivity contribution in [3.63, 3.8) is 0 Å². The Balaban J connectivity index is 1.59. The first kappa shape index (κ1) is 40.3. The summed E-state index contributed by atoms with van der Waals surface area (Å²) in [4.78, 5) is 6.28. The number of nitrogens with zero attached hydrogens (tertiary/aromatic N) is 1. The molecule has 1 aromatic carbocycles. The van der Waals surface area contributed by atoms with Crippen LogP contribution in [0.3, 0.4) is 0 Å². The second-order valence-electron chi connectivity index (χ2n) is 20.4. The molecule has 1 aromatic rings. The summed E-state index contributed by atoms with van der Waals surface area (Å²) in [5.74, 6) is 1.53. The number of rotatable bonds is 13. The molecule has 5 rings (SSSR count). The van der Waals surface area contributed by atoms with Crippen LogP contribution in [0.25, 0.3) is 0 Å². The molecule has 3 saturated carbocycles. The summed E-state index contributed by atoms with van der Waals surface area (Å²) in [5.41, 5.74) is 3.10. The summed E-state index contributed by atoms with van der Waals surface area (Å²) in [7, 11) is -7.46. The molecule has 0 spiro atoms.